The fourth-order valence-electron chi connectivity index (χ4n) is 3.40. The second-order valence-electron chi connectivity index (χ2n) is 7.15. The number of nitrogens with zero attached hydrogens (tertiary/aromatic N) is 3. The number of nitrogens with one attached hydrogen (secondary N) is 1. The number of hydrogen-bond acceptors (Lipinski definition) is 6. The maximum absolute atomic E-state index is 13.1. The number of benzene rings is 2. The Balaban J connectivity index is 1.19. The molecule has 1 N–H and O–H groups in total. The van der Waals surface area contributed by atoms with Gasteiger partial charge in [0.25, 0.3) is 0 Å². The molecule has 0 radical (unpaired) electrons. The molecule has 4 rings (SSSR count). The van der Waals surface area contributed by atoms with Crippen molar-refractivity contribution in [1.29, 1.82) is 0 Å². The largest absolute Gasteiger partial charge is 0.493 e. The van der Waals surface area contributed by atoms with E-state index in [0.717, 1.165) is 37.5 Å². The molecule has 3 aromatic rings. The van der Waals surface area contributed by atoms with Crippen molar-refractivity contribution in [3.05, 3.63) is 70.5 Å². The molecule has 2 aromatic carbocycles. The van der Waals surface area contributed by atoms with Crippen molar-refractivity contribution in [2.45, 2.75) is 25.8 Å². The second-order valence-corrected chi connectivity index (χ2v) is 8.21. The highest BCUT2D eigenvalue weighted by Gasteiger charge is 2.16. The Morgan fingerprint density at radius 3 is 2.90 bits per heavy atom. The third kappa shape index (κ3) is 5.61. The lowest BCUT2D eigenvalue weighted by atomic mass is 10.00. The Hall–Kier alpha value is -2.84. The zero-order valence-corrected chi connectivity index (χ0v) is 17.3. The van der Waals surface area contributed by atoms with E-state index in [-0.39, 0.29) is 24.8 Å². The number of amides is 1. The SMILES string of the molecule is O=C(CCOc1cccc(F)c1)Nc1nnc(CCN2CCc3ccccc3C2)s1. The first-order valence-electron chi connectivity index (χ1n) is 9.95. The molecule has 0 atom stereocenters. The van der Waals surface area contributed by atoms with Crippen LogP contribution >= 0.6 is 11.3 Å². The molecule has 0 bridgehead atoms. The van der Waals surface area contributed by atoms with Gasteiger partial charge in [0, 0.05) is 32.1 Å². The van der Waals surface area contributed by atoms with Crippen LogP contribution in [0.2, 0.25) is 0 Å². The van der Waals surface area contributed by atoms with Crippen LogP contribution in [0.1, 0.15) is 22.6 Å². The molecule has 1 aromatic heterocycles. The van der Waals surface area contributed by atoms with Crippen molar-refractivity contribution in [3.63, 3.8) is 0 Å². The molecule has 2 heterocycles. The van der Waals surface area contributed by atoms with Crippen molar-refractivity contribution in [2.24, 2.45) is 0 Å². The van der Waals surface area contributed by atoms with Crippen LogP contribution in [0, 0.1) is 5.82 Å². The topological polar surface area (TPSA) is 67.3 Å². The number of halogens is 1. The highest BCUT2D eigenvalue weighted by Crippen LogP contribution is 2.20. The van der Waals surface area contributed by atoms with E-state index in [0.29, 0.717) is 10.9 Å². The monoisotopic (exact) mass is 426 g/mol. The number of aromatic nitrogens is 2. The van der Waals surface area contributed by atoms with Crippen LogP contribution in [0.4, 0.5) is 9.52 Å². The summed E-state index contributed by atoms with van der Waals surface area (Å²) in [5, 5.41) is 12.4. The quantitative estimate of drug-likeness (QED) is 0.595. The summed E-state index contributed by atoms with van der Waals surface area (Å²) in [6.07, 6.45) is 2.03. The van der Waals surface area contributed by atoms with Crippen molar-refractivity contribution >= 4 is 22.4 Å². The molecule has 30 heavy (non-hydrogen) atoms. The Morgan fingerprint density at radius 1 is 1.17 bits per heavy atom. The maximum atomic E-state index is 13.1. The predicted molar refractivity (Wildman–Crippen MR) is 114 cm³/mol. The highest BCUT2D eigenvalue weighted by molar-refractivity contribution is 7.15. The fraction of sp³-hybridized carbons (Fsp3) is 0.318. The van der Waals surface area contributed by atoms with Crippen molar-refractivity contribution in [3.8, 4) is 5.75 Å². The summed E-state index contributed by atoms with van der Waals surface area (Å²) in [7, 11) is 0. The van der Waals surface area contributed by atoms with Gasteiger partial charge in [-0.05, 0) is 29.7 Å². The molecule has 1 amide bonds. The minimum absolute atomic E-state index is 0.151. The summed E-state index contributed by atoms with van der Waals surface area (Å²) in [5.41, 5.74) is 2.84. The predicted octanol–water partition coefficient (Wildman–Crippen LogP) is 3.69. The summed E-state index contributed by atoms with van der Waals surface area (Å²) in [6.45, 7) is 3.09. The molecule has 0 saturated heterocycles. The molecule has 0 unspecified atom stereocenters. The van der Waals surface area contributed by atoms with Gasteiger partial charge in [0.1, 0.15) is 16.6 Å². The molecule has 6 nitrogen and oxygen atoms in total. The van der Waals surface area contributed by atoms with Gasteiger partial charge in [-0.25, -0.2) is 4.39 Å². The van der Waals surface area contributed by atoms with Gasteiger partial charge in [0.15, 0.2) is 0 Å². The van der Waals surface area contributed by atoms with Gasteiger partial charge in [0.2, 0.25) is 11.0 Å². The Bertz CT molecular complexity index is 1010. The number of fused-ring (bicyclic) bond motifs is 1. The molecule has 1 aliphatic heterocycles. The zero-order chi connectivity index (χ0) is 20.8. The lowest BCUT2D eigenvalue weighted by Gasteiger charge is -2.28. The van der Waals surface area contributed by atoms with Crippen LogP contribution < -0.4 is 10.1 Å². The third-order valence-corrected chi connectivity index (χ3v) is 5.86. The minimum Gasteiger partial charge on any atom is -0.493 e. The van der Waals surface area contributed by atoms with Crippen molar-refractivity contribution in [2.75, 3.05) is 25.0 Å². The molecule has 156 valence electrons. The van der Waals surface area contributed by atoms with Crippen LogP contribution in [0.5, 0.6) is 5.75 Å². The van der Waals surface area contributed by atoms with E-state index in [9.17, 15) is 9.18 Å². The molecule has 0 aliphatic carbocycles. The highest BCUT2D eigenvalue weighted by atomic mass is 32.1. The van der Waals surface area contributed by atoms with Crippen LogP contribution in [-0.2, 0) is 24.2 Å². The van der Waals surface area contributed by atoms with Gasteiger partial charge in [-0.2, -0.15) is 0 Å². The second kappa shape index (κ2) is 9.77. The fourth-order valence-corrected chi connectivity index (χ4v) is 4.15. The van der Waals surface area contributed by atoms with E-state index in [4.69, 9.17) is 4.74 Å². The first-order chi connectivity index (χ1) is 14.7. The van der Waals surface area contributed by atoms with E-state index >= 15 is 0 Å². The van der Waals surface area contributed by atoms with Crippen molar-refractivity contribution < 1.29 is 13.9 Å². The summed E-state index contributed by atoms with van der Waals surface area (Å²) >= 11 is 1.40. The molecule has 0 spiro atoms. The Labute approximate surface area is 178 Å². The molecular formula is C22H23FN4O2S. The number of carbonyl (C=O) groups is 1. The van der Waals surface area contributed by atoms with Gasteiger partial charge in [-0.1, -0.05) is 41.7 Å². The first kappa shape index (κ1) is 20.4. The third-order valence-electron chi connectivity index (χ3n) is 4.96. The Morgan fingerprint density at radius 2 is 2.03 bits per heavy atom. The Kier molecular flexibility index (Phi) is 6.66. The molecule has 0 saturated carbocycles. The standard InChI is InChI=1S/C22H23FN4O2S/c23-18-6-3-7-19(14-18)29-13-10-20(28)24-22-26-25-21(30-22)9-12-27-11-8-16-4-1-2-5-17(16)15-27/h1-7,14H,8-13,15H2,(H,24,26,28). The van der Waals surface area contributed by atoms with Crippen LogP contribution in [0.3, 0.4) is 0 Å². The lowest BCUT2D eigenvalue weighted by molar-refractivity contribution is -0.116. The smallest absolute Gasteiger partial charge is 0.229 e. The van der Waals surface area contributed by atoms with E-state index in [2.05, 4.69) is 44.7 Å². The number of ether oxygens (including phenoxy) is 1. The van der Waals surface area contributed by atoms with Gasteiger partial charge in [0.05, 0.1) is 13.0 Å². The first-order valence-corrected chi connectivity index (χ1v) is 10.8. The molecule has 1 aliphatic rings. The van der Waals surface area contributed by atoms with Crippen LogP contribution in [0.15, 0.2) is 48.5 Å². The average Bonchev–Trinajstić information content (AvgIpc) is 3.19. The van der Waals surface area contributed by atoms with E-state index in [1.54, 1.807) is 12.1 Å². The van der Waals surface area contributed by atoms with Gasteiger partial charge < -0.3 is 10.1 Å². The maximum Gasteiger partial charge on any atom is 0.229 e. The number of anilines is 1. The minimum atomic E-state index is -0.368. The number of rotatable bonds is 8. The van der Waals surface area contributed by atoms with Gasteiger partial charge >= 0.3 is 0 Å². The number of carbonyl (C=O) groups excluding carboxylic acids is 1. The van der Waals surface area contributed by atoms with E-state index in [1.165, 1.54) is 34.6 Å². The summed E-state index contributed by atoms with van der Waals surface area (Å²) in [6, 6.07) is 14.4. The molecule has 8 heteroatoms. The summed E-state index contributed by atoms with van der Waals surface area (Å²) in [5.74, 6) is -0.171. The van der Waals surface area contributed by atoms with Crippen molar-refractivity contribution in [1.82, 2.24) is 15.1 Å². The summed E-state index contributed by atoms with van der Waals surface area (Å²) < 4.78 is 18.5. The van der Waals surface area contributed by atoms with Crippen LogP contribution in [0.25, 0.3) is 0 Å². The lowest BCUT2D eigenvalue weighted by Crippen LogP contribution is -2.32. The van der Waals surface area contributed by atoms with E-state index < -0.39 is 0 Å². The zero-order valence-electron chi connectivity index (χ0n) is 16.5. The van der Waals surface area contributed by atoms with Gasteiger partial charge in [-0.15, -0.1) is 10.2 Å². The van der Waals surface area contributed by atoms with Crippen LogP contribution in [-0.4, -0.2) is 40.7 Å². The normalized spacial score (nSPS) is 13.6. The number of hydrogen-bond donors (Lipinski definition) is 1. The summed E-state index contributed by atoms with van der Waals surface area (Å²) in [4.78, 5) is 14.5. The molecular weight excluding hydrogens is 403 g/mol. The van der Waals surface area contributed by atoms with E-state index in [1.807, 2.05) is 0 Å². The van der Waals surface area contributed by atoms with Gasteiger partial charge in [-0.3, -0.25) is 9.69 Å². The molecule has 0 fully saturated rings. The average molecular weight is 427 g/mol.